The Labute approximate surface area is 164 Å². The SMILES string of the molecule is COC(OC)C1CCN(c2ccc(N(C)C3CCC(=O)NC3=O)cc2F)CC1. The maximum Gasteiger partial charge on any atom is 0.249 e. The predicted molar refractivity (Wildman–Crippen MR) is 104 cm³/mol. The first kappa shape index (κ1) is 20.5. The molecule has 2 saturated heterocycles. The minimum Gasteiger partial charge on any atom is -0.369 e. The Bertz CT molecular complexity index is 717. The molecule has 0 saturated carbocycles. The monoisotopic (exact) mass is 393 g/mol. The summed E-state index contributed by atoms with van der Waals surface area (Å²) in [4.78, 5) is 27.1. The summed E-state index contributed by atoms with van der Waals surface area (Å²) in [5.74, 6) is -0.614. The van der Waals surface area contributed by atoms with Gasteiger partial charge in [-0.3, -0.25) is 14.9 Å². The molecule has 2 aliphatic heterocycles. The molecular weight excluding hydrogens is 365 g/mol. The highest BCUT2D eigenvalue weighted by atomic mass is 19.1. The van der Waals surface area contributed by atoms with Gasteiger partial charge in [0, 0.05) is 52.4 Å². The van der Waals surface area contributed by atoms with Crippen molar-refractivity contribution in [1.29, 1.82) is 0 Å². The number of rotatable bonds is 6. The van der Waals surface area contributed by atoms with Crippen LogP contribution in [0, 0.1) is 11.7 Å². The van der Waals surface area contributed by atoms with Crippen LogP contribution < -0.4 is 15.1 Å². The van der Waals surface area contributed by atoms with Crippen LogP contribution in [0.5, 0.6) is 0 Å². The van der Waals surface area contributed by atoms with Crippen molar-refractivity contribution < 1.29 is 23.5 Å². The summed E-state index contributed by atoms with van der Waals surface area (Å²) in [5.41, 5.74) is 1.18. The molecule has 154 valence electrons. The molecule has 0 bridgehead atoms. The van der Waals surface area contributed by atoms with Gasteiger partial charge in [0.05, 0.1) is 5.69 Å². The van der Waals surface area contributed by atoms with Gasteiger partial charge in [-0.05, 0) is 37.5 Å². The van der Waals surface area contributed by atoms with Crippen LogP contribution in [0.3, 0.4) is 0 Å². The molecule has 1 aromatic carbocycles. The van der Waals surface area contributed by atoms with Crippen molar-refractivity contribution in [2.45, 2.75) is 38.0 Å². The van der Waals surface area contributed by atoms with Crippen molar-refractivity contribution in [2.24, 2.45) is 5.92 Å². The normalized spacial score (nSPS) is 21.2. The Morgan fingerprint density at radius 2 is 1.86 bits per heavy atom. The number of hydrogen-bond donors (Lipinski definition) is 1. The number of carbonyl (C=O) groups is 2. The first-order valence-corrected chi connectivity index (χ1v) is 9.61. The van der Waals surface area contributed by atoms with Gasteiger partial charge in [0.2, 0.25) is 11.8 Å². The minimum absolute atomic E-state index is 0.225. The molecule has 1 aromatic rings. The number of ether oxygens (including phenoxy) is 2. The lowest BCUT2D eigenvalue weighted by Gasteiger charge is -2.36. The third kappa shape index (κ3) is 4.28. The van der Waals surface area contributed by atoms with E-state index in [4.69, 9.17) is 9.47 Å². The third-order valence-corrected chi connectivity index (χ3v) is 5.75. The van der Waals surface area contributed by atoms with Gasteiger partial charge in [-0.2, -0.15) is 0 Å². The van der Waals surface area contributed by atoms with E-state index in [2.05, 4.69) is 5.32 Å². The lowest BCUT2D eigenvalue weighted by molar-refractivity contribution is -0.141. The quantitative estimate of drug-likeness (QED) is 0.588. The molecule has 8 heteroatoms. The average molecular weight is 393 g/mol. The van der Waals surface area contributed by atoms with Crippen molar-refractivity contribution in [3.05, 3.63) is 24.0 Å². The van der Waals surface area contributed by atoms with Crippen molar-refractivity contribution in [2.75, 3.05) is 44.2 Å². The van der Waals surface area contributed by atoms with Gasteiger partial charge >= 0.3 is 0 Å². The Morgan fingerprint density at radius 3 is 2.43 bits per heavy atom. The highest BCUT2D eigenvalue weighted by molar-refractivity contribution is 6.01. The number of piperidine rings is 2. The Hall–Kier alpha value is -2.19. The van der Waals surface area contributed by atoms with Crippen LogP contribution in [0.25, 0.3) is 0 Å². The molecule has 2 fully saturated rings. The molecule has 7 nitrogen and oxygen atoms in total. The van der Waals surface area contributed by atoms with Crippen molar-refractivity contribution in [1.82, 2.24) is 5.32 Å². The standard InChI is InChI=1S/C20H28FN3O4/c1-23(17-6-7-18(25)22-19(17)26)14-4-5-16(15(21)12-14)24-10-8-13(9-11-24)20(27-2)28-3/h4-5,12-13,17,20H,6-11H2,1-3H3,(H,22,25,26). The Morgan fingerprint density at radius 1 is 1.18 bits per heavy atom. The zero-order valence-corrected chi connectivity index (χ0v) is 16.6. The number of methoxy groups -OCH3 is 2. The highest BCUT2D eigenvalue weighted by Gasteiger charge is 2.31. The first-order valence-electron chi connectivity index (χ1n) is 9.61. The van der Waals surface area contributed by atoms with Gasteiger partial charge in [-0.25, -0.2) is 4.39 Å². The fourth-order valence-corrected chi connectivity index (χ4v) is 4.10. The molecule has 0 aliphatic carbocycles. The number of imide groups is 1. The van der Waals surface area contributed by atoms with E-state index in [-0.39, 0.29) is 23.9 Å². The van der Waals surface area contributed by atoms with Gasteiger partial charge in [0.1, 0.15) is 11.9 Å². The Balaban J connectivity index is 1.66. The van der Waals surface area contributed by atoms with Crippen LogP contribution in [0.4, 0.5) is 15.8 Å². The van der Waals surface area contributed by atoms with E-state index in [1.807, 2.05) is 11.0 Å². The predicted octanol–water partition coefficient (Wildman–Crippen LogP) is 1.90. The van der Waals surface area contributed by atoms with Crippen LogP contribution in [-0.2, 0) is 19.1 Å². The van der Waals surface area contributed by atoms with Crippen molar-refractivity contribution in [3.63, 3.8) is 0 Å². The molecule has 0 spiro atoms. The smallest absolute Gasteiger partial charge is 0.249 e. The number of anilines is 2. The fourth-order valence-electron chi connectivity index (χ4n) is 4.10. The molecule has 2 heterocycles. The van der Waals surface area contributed by atoms with Gasteiger partial charge in [-0.15, -0.1) is 0 Å². The van der Waals surface area contributed by atoms with E-state index in [1.165, 1.54) is 6.07 Å². The zero-order valence-electron chi connectivity index (χ0n) is 16.6. The van der Waals surface area contributed by atoms with Crippen LogP contribution in [0.1, 0.15) is 25.7 Å². The largest absolute Gasteiger partial charge is 0.369 e. The highest BCUT2D eigenvalue weighted by Crippen LogP contribution is 2.31. The molecule has 0 aromatic heterocycles. The number of likely N-dealkylation sites (N-methyl/N-ethyl adjacent to an activating group) is 1. The number of hydrogen-bond acceptors (Lipinski definition) is 6. The summed E-state index contributed by atoms with van der Waals surface area (Å²) in [7, 11) is 5.02. The number of nitrogens with one attached hydrogen (secondary N) is 1. The summed E-state index contributed by atoms with van der Waals surface area (Å²) in [6.45, 7) is 1.46. The summed E-state index contributed by atoms with van der Waals surface area (Å²) in [6.07, 6.45) is 2.22. The van der Waals surface area contributed by atoms with Crippen LogP contribution >= 0.6 is 0 Å². The molecule has 2 amide bonds. The summed E-state index contributed by atoms with van der Waals surface area (Å²) in [6, 6.07) is 4.57. The number of amides is 2. The van der Waals surface area contributed by atoms with Crippen molar-refractivity contribution in [3.8, 4) is 0 Å². The van der Waals surface area contributed by atoms with Gasteiger partial charge in [0.15, 0.2) is 6.29 Å². The van der Waals surface area contributed by atoms with Crippen LogP contribution in [0.2, 0.25) is 0 Å². The second kappa shape index (κ2) is 8.87. The molecule has 0 radical (unpaired) electrons. The van der Waals surface area contributed by atoms with Gasteiger partial charge < -0.3 is 19.3 Å². The second-order valence-electron chi connectivity index (χ2n) is 7.38. The van der Waals surface area contributed by atoms with E-state index in [0.29, 0.717) is 30.1 Å². The van der Waals surface area contributed by atoms with E-state index in [0.717, 1.165) is 25.9 Å². The average Bonchev–Trinajstić information content (AvgIpc) is 2.69. The zero-order chi connectivity index (χ0) is 20.3. The lowest BCUT2D eigenvalue weighted by atomic mass is 9.95. The number of carbonyl (C=O) groups excluding carboxylic acids is 2. The summed E-state index contributed by atoms with van der Waals surface area (Å²) >= 11 is 0. The number of nitrogens with zero attached hydrogens (tertiary/aromatic N) is 2. The topological polar surface area (TPSA) is 71.1 Å². The van der Waals surface area contributed by atoms with E-state index in [1.54, 1.807) is 32.2 Å². The van der Waals surface area contributed by atoms with E-state index in [9.17, 15) is 14.0 Å². The van der Waals surface area contributed by atoms with E-state index < -0.39 is 6.04 Å². The number of halogens is 1. The molecular formula is C20H28FN3O4. The first-order chi connectivity index (χ1) is 13.4. The molecule has 28 heavy (non-hydrogen) atoms. The fraction of sp³-hybridized carbons (Fsp3) is 0.600. The number of benzene rings is 1. The van der Waals surface area contributed by atoms with Crippen LogP contribution in [0.15, 0.2) is 18.2 Å². The van der Waals surface area contributed by atoms with E-state index >= 15 is 0 Å². The van der Waals surface area contributed by atoms with Gasteiger partial charge in [0.25, 0.3) is 0 Å². The Kier molecular flexibility index (Phi) is 6.51. The maximum atomic E-state index is 14.8. The molecule has 1 atom stereocenters. The maximum absolute atomic E-state index is 14.8. The molecule has 1 unspecified atom stereocenters. The minimum atomic E-state index is -0.473. The van der Waals surface area contributed by atoms with Gasteiger partial charge in [-0.1, -0.05) is 0 Å². The summed E-state index contributed by atoms with van der Waals surface area (Å²) < 4.78 is 25.5. The summed E-state index contributed by atoms with van der Waals surface area (Å²) in [5, 5.41) is 2.34. The molecule has 2 aliphatic rings. The van der Waals surface area contributed by atoms with Crippen molar-refractivity contribution >= 4 is 23.2 Å². The lowest BCUT2D eigenvalue weighted by Crippen LogP contribution is -2.51. The third-order valence-electron chi connectivity index (χ3n) is 5.75. The molecule has 1 N–H and O–H groups in total. The van der Waals surface area contributed by atoms with Crippen LogP contribution in [-0.4, -0.2) is 58.5 Å². The molecule has 3 rings (SSSR count). The second-order valence-corrected chi connectivity index (χ2v) is 7.38.